The third kappa shape index (κ3) is 5.80. The van der Waals surface area contributed by atoms with Crippen LogP contribution in [0.15, 0.2) is 49.1 Å². The van der Waals surface area contributed by atoms with E-state index in [4.69, 9.17) is 9.47 Å². The minimum absolute atomic E-state index is 0.269. The Hall–Kier alpha value is -3.56. The quantitative estimate of drug-likeness (QED) is 0.171. The van der Waals surface area contributed by atoms with E-state index >= 15 is 0 Å². The molecule has 8 nitrogen and oxygen atoms in total. The van der Waals surface area contributed by atoms with Gasteiger partial charge in [-0.1, -0.05) is 19.6 Å². The molecule has 0 fully saturated rings. The van der Waals surface area contributed by atoms with E-state index in [1.54, 1.807) is 12.4 Å². The Morgan fingerprint density at radius 1 is 1.06 bits per heavy atom. The fourth-order valence-corrected chi connectivity index (χ4v) is 4.71. The average molecular weight is 504 g/mol. The standard InChI is InChI=1S/C27H33N5O3Si/c1-18-13-24(31-20-8-7-19(2)29-14-20)30-15-22(18)23-16-32(17-35-11-12-36(4,5)6)26-21(23)9-10-28-25(26)27(33)34-3/h7-10,13-16H,11-12,17H2,1-6H3,(H,30,31). The summed E-state index contributed by atoms with van der Waals surface area (Å²) in [6.07, 6.45) is 7.28. The van der Waals surface area contributed by atoms with Crippen molar-refractivity contribution in [3.8, 4) is 11.1 Å². The fraction of sp³-hybridized carbons (Fsp3) is 0.333. The SMILES string of the molecule is COC(=O)c1nccc2c(-c3cnc(Nc4ccc(C)nc4)cc3C)cn(COCC[Si](C)(C)C)c12. The Morgan fingerprint density at radius 2 is 1.86 bits per heavy atom. The van der Waals surface area contributed by atoms with E-state index in [9.17, 15) is 4.79 Å². The molecule has 1 N–H and O–H groups in total. The first-order valence-electron chi connectivity index (χ1n) is 12.0. The molecular weight excluding hydrogens is 470 g/mol. The molecule has 0 aliphatic rings. The normalized spacial score (nSPS) is 11.6. The number of esters is 1. The molecule has 36 heavy (non-hydrogen) atoms. The van der Waals surface area contributed by atoms with E-state index in [0.29, 0.717) is 18.9 Å². The van der Waals surface area contributed by atoms with Gasteiger partial charge >= 0.3 is 5.97 Å². The second-order valence-corrected chi connectivity index (χ2v) is 15.7. The number of carbonyl (C=O) groups is 1. The average Bonchev–Trinajstić information content (AvgIpc) is 3.21. The van der Waals surface area contributed by atoms with Gasteiger partial charge in [-0.15, -0.1) is 0 Å². The van der Waals surface area contributed by atoms with Gasteiger partial charge in [-0.2, -0.15) is 0 Å². The number of methoxy groups -OCH3 is 1. The van der Waals surface area contributed by atoms with E-state index in [1.165, 1.54) is 7.11 Å². The molecule has 0 amide bonds. The van der Waals surface area contributed by atoms with Crippen LogP contribution in [0.4, 0.5) is 11.5 Å². The number of carbonyl (C=O) groups excluding carboxylic acids is 1. The Balaban J connectivity index is 1.70. The van der Waals surface area contributed by atoms with Crippen molar-refractivity contribution in [3.05, 3.63) is 66.0 Å². The minimum atomic E-state index is -1.21. The topological polar surface area (TPSA) is 91.2 Å². The van der Waals surface area contributed by atoms with Gasteiger partial charge in [0, 0.05) is 55.5 Å². The van der Waals surface area contributed by atoms with Gasteiger partial charge in [0.05, 0.1) is 24.5 Å². The van der Waals surface area contributed by atoms with Gasteiger partial charge in [0.2, 0.25) is 0 Å². The molecular formula is C27H33N5O3Si. The molecule has 188 valence electrons. The lowest BCUT2D eigenvalue weighted by atomic mass is 10.0. The van der Waals surface area contributed by atoms with Crippen LogP contribution < -0.4 is 5.32 Å². The van der Waals surface area contributed by atoms with E-state index in [1.807, 2.05) is 55.1 Å². The number of anilines is 2. The number of aryl methyl sites for hydroxylation is 2. The van der Waals surface area contributed by atoms with E-state index in [-0.39, 0.29) is 5.69 Å². The zero-order valence-corrected chi connectivity index (χ0v) is 22.8. The van der Waals surface area contributed by atoms with Gasteiger partial charge in [-0.3, -0.25) is 4.98 Å². The molecule has 0 radical (unpaired) electrons. The van der Waals surface area contributed by atoms with Crippen molar-refractivity contribution < 1.29 is 14.3 Å². The van der Waals surface area contributed by atoms with Crippen molar-refractivity contribution >= 4 is 36.5 Å². The van der Waals surface area contributed by atoms with E-state index in [0.717, 1.165) is 45.3 Å². The highest BCUT2D eigenvalue weighted by molar-refractivity contribution is 6.76. The zero-order valence-electron chi connectivity index (χ0n) is 21.8. The largest absolute Gasteiger partial charge is 0.464 e. The highest BCUT2D eigenvalue weighted by Crippen LogP contribution is 2.34. The third-order valence-corrected chi connectivity index (χ3v) is 7.68. The summed E-state index contributed by atoms with van der Waals surface area (Å²) in [5, 5.41) is 4.20. The van der Waals surface area contributed by atoms with Gasteiger partial charge in [0.1, 0.15) is 12.5 Å². The van der Waals surface area contributed by atoms with Crippen molar-refractivity contribution in [3.63, 3.8) is 0 Å². The summed E-state index contributed by atoms with van der Waals surface area (Å²) < 4.78 is 13.0. The van der Waals surface area contributed by atoms with Gasteiger partial charge in [0.15, 0.2) is 5.69 Å². The molecule has 0 atom stereocenters. The van der Waals surface area contributed by atoms with Gasteiger partial charge in [0.25, 0.3) is 0 Å². The maximum Gasteiger partial charge on any atom is 0.358 e. The number of hydrogen-bond donors (Lipinski definition) is 1. The summed E-state index contributed by atoms with van der Waals surface area (Å²) in [4.78, 5) is 25.8. The van der Waals surface area contributed by atoms with Gasteiger partial charge in [-0.25, -0.2) is 14.8 Å². The van der Waals surface area contributed by atoms with Crippen molar-refractivity contribution in [2.75, 3.05) is 19.0 Å². The third-order valence-electron chi connectivity index (χ3n) is 5.98. The summed E-state index contributed by atoms with van der Waals surface area (Å²) in [6, 6.07) is 8.92. The second kappa shape index (κ2) is 10.6. The van der Waals surface area contributed by atoms with Crippen LogP contribution in [0.2, 0.25) is 25.7 Å². The molecule has 9 heteroatoms. The molecule has 4 aromatic rings. The summed E-state index contributed by atoms with van der Waals surface area (Å²) in [6.45, 7) is 12.0. The highest BCUT2D eigenvalue weighted by atomic mass is 28.3. The van der Waals surface area contributed by atoms with E-state index < -0.39 is 14.0 Å². The monoisotopic (exact) mass is 503 g/mol. The van der Waals surface area contributed by atoms with Crippen LogP contribution in [0.3, 0.4) is 0 Å². The van der Waals surface area contributed by atoms with Gasteiger partial charge in [-0.05, 0) is 49.7 Å². The minimum Gasteiger partial charge on any atom is -0.464 e. The Bertz CT molecular complexity index is 1380. The Labute approximate surface area is 212 Å². The predicted molar refractivity (Wildman–Crippen MR) is 145 cm³/mol. The predicted octanol–water partition coefficient (Wildman–Crippen LogP) is 5.95. The van der Waals surface area contributed by atoms with Crippen LogP contribution in [0, 0.1) is 13.8 Å². The number of fused-ring (bicyclic) bond motifs is 1. The van der Waals surface area contributed by atoms with Crippen LogP contribution in [0.5, 0.6) is 0 Å². The number of rotatable bonds is 9. The van der Waals surface area contributed by atoms with Crippen molar-refractivity contribution in [2.45, 2.75) is 46.3 Å². The number of hydrogen-bond acceptors (Lipinski definition) is 7. The van der Waals surface area contributed by atoms with Crippen LogP contribution >= 0.6 is 0 Å². The zero-order chi connectivity index (χ0) is 25.9. The molecule has 0 aromatic carbocycles. The summed E-state index contributed by atoms with van der Waals surface area (Å²) in [7, 11) is 0.152. The smallest absolute Gasteiger partial charge is 0.358 e. The summed E-state index contributed by atoms with van der Waals surface area (Å²) in [5.74, 6) is 0.256. The van der Waals surface area contributed by atoms with Gasteiger partial charge < -0.3 is 19.4 Å². The highest BCUT2D eigenvalue weighted by Gasteiger charge is 2.21. The lowest BCUT2D eigenvalue weighted by molar-refractivity contribution is 0.0594. The Morgan fingerprint density at radius 3 is 2.53 bits per heavy atom. The summed E-state index contributed by atoms with van der Waals surface area (Å²) >= 11 is 0. The van der Waals surface area contributed by atoms with Crippen LogP contribution in [-0.4, -0.2) is 47.3 Å². The lowest BCUT2D eigenvalue weighted by Crippen LogP contribution is -2.22. The number of nitrogens with zero attached hydrogens (tertiary/aromatic N) is 4. The van der Waals surface area contributed by atoms with Crippen molar-refractivity contribution in [2.24, 2.45) is 0 Å². The molecule has 0 unspecified atom stereocenters. The first kappa shape index (κ1) is 25.5. The van der Waals surface area contributed by atoms with E-state index in [2.05, 4.69) is 39.9 Å². The molecule has 0 bridgehead atoms. The molecule has 0 aliphatic heterocycles. The number of pyridine rings is 3. The van der Waals surface area contributed by atoms with Crippen molar-refractivity contribution in [1.82, 2.24) is 19.5 Å². The molecule has 0 spiro atoms. The molecule has 4 heterocycles. The fourth-order valence-electron chi connectivity index (χ4n) is 3.95. The molecule has 0 aliphatic carbocycles. The molecule has 4 rings (SSSR count). The molecule has 0 saturated heterocycles. The molecule has 4 aromatic heterocycles. The number of aromatic nitrogens is 4. The van der Waals surface area contributed by atoms with Crippen molar-refractivity contribution in [1.29, 1.82) is 0 Å². The molecule has 0 saturated carbocycles. The maximum atomic E-state index is 12.5. The number of ether oxygens (including phenoxy) is 2. The Kier molecular flexibility index (Phi) is 7.51. The maximum absolute atomic E-state index is 12.5. The lowest BCUT2D eigenvalue weighted by Gasteiger charge is -2.16. The van der Waals surface area contributed by atoms with Crippen LogP contribution in [0.1, 0.15) is 21.7 Å². The number of nitrogens with one attached hydrogen (secondary N) is 1. The second-order valence-electron chi connectivity index (χ2n) is 10.1. The first-order valence-corrected chi connectivity index (χ1v) is 15.7. The van der Waals surface area contributed by atoms with Crippen LogP contribution in [0.25, 0.3) is 22.0 Å². The van der Waals surface area contributed by atoms with Crippen LogP contribution in [-0.2, 0) is 16.2 Å². The first-order chi connectivity index (χ1) is 17.2. The summed E-state index contributed by atoms with van der Waals surface area (Å²) in [5.41, 5.74) is 5.77.